The third kappa shape index (κ3) is 3.44. The van der Waals surface area contributed by atoms with Gasteiger partial charge in [-0.3, -0.25) is 4.79 Å². The first-order valence-corrected chi connectivity index (χ1v) is 7.73. The second kappa shape index (κ2) is 6.68. The van der Waals surface area contributed by atoms with Crippen LogP contribution in [0.15, 0.2) is 28.9 Å². The smallest absolute Gasteiger partial charge is 0.289 e. The van der Waals surface area contributed by atoms with Crippen molar-refractivity contribution in [2.45, 2.75) is 13.8 Å². The average Bonchev–Trinajstić information content (AvgIpc) is 3.08. The SMILES string of the molecule is CCOc1cc(N2CCN(C(=O)c3ccco3)CC2)nc(C)n1. The highest BCUT2D eigenvalue weighted by atomic mass is 16.5. The normalized spacial score (nSPS) is 14.9. The number of aromatic nitrogens is 2. The molecule has 2 aromatic heterocycles. The van der Waals surface area contributed by atoms with Crippen molar-refractivity contribution in [3.05, 3.63) is 36.0 Å². The number of piperazine rings is 1. The molecule has 23 heavy (non-hydrogen) atoms. The van der Waals surface area contributed by atoms with Gasteiger partial charge in [-0.2, -0.15) is 4.98 Å². The quantitative estimate of drug-likeness (QED) is 0.855. The van der Waals surface area contributed by atoms with Crippen LogP contribution >= 0.6 is 0 Å². The summed E-state index contributed by atoms with van der Waals surface area (Å²) in [7, 11) is 0. The summed E-state index contributed by atoms with van der Waals surface area (Å²) >= 11 is 0. The van der Waals surface area contributed by atoms with Gasteiger partial charge in [0, 0.05) is 32.2 Å². The van der Waals surface area contributed by atoms with Crippen LogP contribution in [0.3, 0.4) is 0 Å². The second-order valence-electron chi connectivity index (χ2n) is 5.30. The zero-order valence-electron chi connectivity index (χ0n) is 13.4. The number of ether oxygens (including phenoxy) is 1. The van der Waals surface area contributed by atoms with Gasteiger partial charge < -0.3 is 19.0 Å². The molecule has 1 saturated heterocycles. The first-order valence-electron chi connectivity index (χ1n) is 7.73. The molecule has 0 N–H and O–H groups in total. The van der Waals surface area contributed by atoms with E-state index in [-0.39, 0.29) is 5.91 Å². The van der Waals surface area contributed by atoms with E-state index in [1.807, 2.05) is 19.9 Å². The third-order valence-electron chi connectivity index (χ3n) is 3.72. The van der Waals surface area contributed by atoms with Gasteiger partial charge in [-0.05, 0) is 26.0 Å². The number of anilines is 1. The van der Waals surface area contributed by atoms with E-state index in [9.17, 15) is 4.79 Å². The van der Waals surface area contributed by atoms with E-state index in [1.165, 1.54) is 6.26 Å². The van der Waals surface area contributed by atoms with Crippen LogP contribution in [0.1, 0.15) is 23.3 Å². The van der Waals surface area contributed by atoms with E-state index >= 15 is 0 Å². The molecule has 2 aromatic rings. The van der Waals surface area contributed by atoms with Gasteiger partial charge in [0.05, 0.1) is 12.9 Å². The van der Waals surface area contributed by atoms with Gasteiger partial charge in [-0.25, -0.2) is 4.98 Å². The molecule has 1 aliphatic heterocycles. The number of amides is 1. The molecule has 0 bridgehead atoms. The van der Waals surface area contributed by atoms with Gasteiger partial charge in [0.15, 0.2) is 5.76 Å². The van der Waals surface area contributed by atoms with Gasteiger partial charge in [0.2, 0.25) is 5.88 Å². The monoisotopic (exact) mass is 316 g/mol. The van der Waals surface area contributed by atoms with E-state index in [0.29, 0.717) is 50.3 Å². The summed E-state index contributed by atoms with van der Waals surface area (Å²) in [5.74, 6) is 2.42. The molecular weight excluding hydrogens is 296 g/mol. The number of carbonyl (C=O) groups excluding carboxylic acids is 1. The molecule has 0 spiro atoms. The zero-order chi connectivity index (χ0) is 16.2. The maximum Gasteiger partial charge on any atom is 0.289 e. The number of furan rings is 1. The Bertz CT molecular complexity index is 664. The van der Waals surface area contributed by atoms with Gasteiger partial charge >= 0.3 is 0 Å². The summed E-state index contributed by atoms with van der Waals surface area (Å²) in [5.41, 5.74) is 0. The van der Waals surface area contributed by atoms with Gasteiger partial charge in [-0.1, -0.05) is 0 Å². The number of hydrogen-bond donors (Lipinski definition) is 0. The molecule has 0 atom stereocenters. The molecule has 0 radical (unpaired) electrons. The van der Waals surface area contributed by atoms with E-state index in [0.717, 1.165) is 5.82 Å². The minimum absolute atomic E-state index is 0.0662. The Balaban J connectivity index is 1.66. The number of hydrogen-bond acceptors (Lipinski definition) is 6. The Morgan fingerprint density at radius 2 is 2.09 bits per heavy atom. The Kier molecular flexibility index (Phi) is 4.45. The summed E-state index contributed by atoms with van der Waals surface area (Å²) in [5, 5.41) is 0. The summed E-state index contributed by atoms with van der Waals surface area (Å²) in [6, 6.07) is 5.26. The molecule has 3 rings (SSSR count). The highest BCUT2D eigenvalue weighted by Gasteiger charge is 2.24. The molecule has 0 aliphatic carbocycles. The molecule has 1 aliphatic rings. The number of aryl methyl sites for hydroxylation is 1. The van der Waals surface area contributed by atoms with E-state index in [2.05, 4.69) is 14.9 Å². The van der Waals surface area contributed by atoms with Crippen molar-refractivity contribution in [3.63, 3.8) is 0 Å². The lowest BCUT2D eigenvalue weighted by atomic mass is 10.3. The van der Waals surface area contributed by atoms with Crippen molar-refractivity contribution in [2.75, 3.05) is 37.7 Å². The Labute approximate surface area is 134 Å². The summed E-state index contributed by atoms with van der Waals surface area (Å²) < 4.78 is 10.6. The van der Waals surface area contributed by atoms with Crippen LogP contribution in [-0.4, -0.2) is 53.6 Å². The van der Waals surface area contributed by atoms with E-state index in [4.69, 9.17) is 9.15 Å². The van der Waals surface area contributed by atoms with Crippen LogP contribution in [0.4, 0.5) is 5.82 Å². The molecule has 7 nitrogen and oxygen atoms in total. The predicted molar refractivity (Wildman–Crippen MR) is 84.8 cm³/mol. The molecule has 1 fully saturated rings. The average molecular weight is 316 g/mol. The van der Waals surface area contributed by atoms with Crippen LogP contribution in [0.25, 0.3) is 0 Å². The fourth-order valence-corrected chi connectivity index (χ4v) is 2.60. The molecule has 0 saturated carbocycles. The van der Waals surface area contributed by atoms with Crippen LogP contribution in [0, 0.1) is 6.92 Å². The van der Waals surface area contributed by atoms with Crippen LogP contribution in [0.2, 0.25) is 0 Å². The molecule has 0 aromatic carbocycles. The fourth-order valence-electron chi connectivity index (χ4n) is 2.60. The lowest BCUT2D eigenvalue weighted by Crippen LogP contribution is -2.49. The highest BCUT2D eigenvalue weighted by Crippen LogP contribution is 2.20. The largest absolute Gasteiger partial charge is 0.478 e. The van der Waals surface area contributed by atoms with E-state index < -0.39 is 0 Å². The topological polar surface area (TPSA) is 71.7 Å². The van der Waals surface area contributed by atoms with Gasteiger partial charge in [-0.15, -0.1) is 0 Å². The van der Waals surface area contributed by atoms with Gasteiger partial charge in [0.1, 0.15) is 11.6 Å². The van der Waals surface area contributed by atoms with Crippen molar-refractivity contribution < 1.29 is 13.9 Å². The minimum Gasteiger partial charge on any atom is -0.478 e. The lowest BCUT2D eigenvalue weighted by Gasteiger charge is -2.35. The molecule has 3 heterocycles. The van der Waals surface area contributed by atoms with Crippen molar-refractivity contribution in [1.29, 1.82) is 0 Å². The second-order valence-corrected chi connectivity index (χ2v) is 5.30. The molecule has 1 amide bonds. The maximum atomic E-state index is 12.3. The summed E-state index contributed by atoms with van der Waals surface area (Å²) in [6.07, 6.45) is 1.52. The van der Waals surface area contributed by atoms with Crippen LogP contribution in [0.5, 0.6) is 5.88 Å². The van der Waals surface area contributed by atoms with Gasteiger partial charge in [0.25, 0.3) is 5.91 Å². The lowest BCUT2D eigenvalue weighted by molar-refractivity contribution is 0.0714. The van der Waals surface area contributed by atoms with Crippen molar-refractivity contribution in [1.82, 2.24) is 14.9 Å². The number of rotatable bonds is 4. The Hall–Kier alpha value is -2.57. The Morgan fingerprint density at radius 1 is 1.30 bits per heavy atom. The number of carbonyl (C=O) groups is 1. The predicted octanol–water partition coefficient (Wildman–Crippen LogP) is 1.74. The van der Waals surface area contributed by atoms with Crippen molar-refractivity contribution in [2.24, 2.45) is 0 Å². The van der Waals surface area contributed by atoms with Crippen molar-refractivity contribution in [3.8, 4) is 5.88 Å². The molecule has 0 unspecified atom stereocenters. The van der Waals surface area contributed by atoms with Crippen LogP contribution in [-0.2, 0) is 0 Å². The Morgan fingerprint density at radius 3 is 2.74 bits per heavy atom. The van der Waals surface area contributed by atoms with Crippen LogP contribution < -0.4 is 9.64 Å². The molecular formula is C16H20N4O3. The fraction of sp³-hybridized carbons (Fsp3) is 0.438. The third-order valence-corrected chi connectivity index (χ3v) is 3.72. The maximum absolute atomic E-state index is 12.3. The summed E-state index contributed by atoms with van der Waals surface area (Å²) in [4.78, 5) is 24.9. The highest BCUT2D eigenvalue weighted by molar-refractivity contribution is 5.91. The first kappa shape index (κ1) is 15.3. The zero-order valence-corrected chi connectivity index (χ0v) is 13.4. The minimum atomic E-state index is -0.0662. The van der Waals surface area contributed by atoms with Crippen molar-refractivity contribution >= 4 is 11.7 Å². The molecule has 122 valence electrons. The van der Waals surface area contributed by atoms with E-state index in [1.54, 1.807) is 17.0 Å². The summed E-state index contributed by atoms with van der Waals surface area (Å²) in [6.45, 7) is 7.04. The molecule has 7 heteroatoms. The first-order chi connectivity index (χ1) is 11.2. The standard InChI is InChI=1S/C16H20N4O3/c1-3-22-15-11-14(17-12(2)18-15)19-6-8-20(9-7-19)16(21)13-5-4-10-23-13/h4-5,10-11H,3,6-9H2,1-2H3. The number of nitrogens with zero attached hydrogens (tertiary/aromatic N) is 4.